The molecule has 4 heteroatoms. The first-order valence-corrected chi connectivity index (χ1v) is 11.8. The van der Waals surface area contributed by atoms with Gasteiger partial charge in [0.05, 0.1) is 24.5 Å². The van der Waals surface area contributed by atoms with Crippen molar-refractivity contribution in [1.82, 2.24) is 4.90 Å². The second-order valence-corrected chi connectivity index (χ2v) is 9.03. The highest BCUT2D eigenvalue weighted by atomic mass is 16.5. The van der Waals surface area contributed by atoms with Crippen LogP contribution in [-0.4, -0.2) is 29.9 Å². The van der Waals surface area contributed by atoms with Crippen molar-refractivity contribution >= 4 is 11.9 Å². The third kappa shape index (κ3) is 4.36. The van der Waals surface area contributed by atoms with E-state index in [-0.39, 0.29) is 29.8 Å². The molecule has 4 rings (SSSR count). The van der Waals surface area contributed by atoms with Crippen LogP contribution in [0.25, 0.3) is 0 Å². The molecular formula is C28H33NO3. The minimum Gasteiger partial charge on any atom is -0.466 e. The van der Waals surface area contributed by atoms with Crippen molar-refractivity contribution in [2.75, 3.05) is 13.2 Å². The number of carbonyl (C=O) groups excluding carboxylic acids is 2. The topological polar surface area (TPSA) is 46.6 Å². The van der Waals surface area contributed by atoms with Crippen LogP contribution in [0, 0.1) is 31.6 Å². The second-order valence-electron chi connectivity index (χ2n) is 9.03. The van der Waals surface area contributed by atoms with Crippen LogP contribution in [0.4, 0.5) is 0 Å². The van der Waals surface area contributed by atoms with Gasteiger partial charge in [-0.15, -0.1) is 0 Å². The molecule has 4 nitrogen and oxygen atoms in total. The number of esters is 1. The van der Waals surface area contributed by atoms with Gasteiger partial charge in [0, 0.05) is 12.5 Å². The first-order chi connectivity index (χ1) is 15.5. The molecule has 168 valence electrons. The average molecular weight is 432 g/mol. The lowest BCUT2D eigenvalue weighted by atomic mass is 9.74. The molecule has 0 aromatic heterocycles. The SMILES string of the molecule is CCOC(=O)[C@@H]1CC=C[C@H]2[C@H]1C(=O)N(CCCc1ccccc1)[C@H]2c1ccc(C)c(C)c1. The molecular weight excluding hydrogens is 398 g/mol. The highest BCUT2D eigenvalue weighted by Gasteiger charge is 2.53. The normalized spacial score (nSPS) is 24.5. The molecule has 0 saturated carbocycles. The van der Waals surface area contributed by atoms with Crippen molar-refractivity contribution in [2.45, 2.75) is 46.1 Å². The Balaban J connectivity index is 1.63. The van der Waals surface area contributed by atoms with Crippen molar-refractivity contribution in [3.63, 3.8) is 0 Å². The van der Waals surface area contributed by atoms with E-state index in [0.29, 0.717) is 19.6 Å². The lowest BCUT2D eigenvalue weighted by Gasteiger charge is -2.30. The highest BCUT2D eigenvalue weighted by Crippen LogP contribution is 2.49. The Morgan fingerprint density at radius 3 is 2.59 bits per heavy atom. The molecule has 1 aliphatic carbocycles. The molecule has 2 aromatic rings. The van der Waals surface area contributed by atoms with E-state index in [4.69, 9.17) is 4.74 Å². The summed E-state index contributed by atoms with van der Waals surface area (Å²) < 4.78 is 5.34. The van der Waals surface area contributed by atoms with Crippen LogP contribution in [0.2, 0.25) is 0 Å². The van der Waals surface area contributed by atoms with Gasteiger partial charge in [0.25, 0.3) is 0 Å². The fourth-order valence-electron chi connectivity index (χ4n) is 5.28. The summed E-state index contributed by atoms with van der Waals surface area (Å²) in [5, 5.41) is 0. The molecule has 2 aromatic carbocycles. The van der Waals surface area contributed by atoms with Gasteiger partial charge in [0.15, 0.2) is 0 Å². The lowest BCUT2D eigenvalue weighted by Crippen LogP contribution is -2.36. The molecule has 0 spiro atoms. The van der Waals surface area contributed by atoms with Crippen molar-refractivity contribution < 1.29 is 14.3 Å². The number of ether oxygens (including phenoxy) is 1. The largest absolute Gasteiger partial charge is 0.466 e. The second kappa shape index (κ2) is 9.72. The van der Waals surface area contributed by atoms with Gasteiger partial charge in [-0.25, -0.2) is 0 Å². The predicted molar refractivity (Wildman–Crippen MR) is 126 cm³/mol. The Bertz CT molecular complexity index is 997. The van der Waals surface area contributed by atoms with E-state index in [9.17, 15) is 9.59 Å². The van der Waals surface area contributed by atoms with E-state index in [1.54, 1.807) is 0 Å². The molecule has 1 heterocycles. The maximum atomic E-state index is 13.7. The number of nitrogens with zero attached hydrogens (tertiary/aromatic N) is 1. The van der Waals surface area contributed by atoms with Crippen LogP contribution in [0.3, 0.4) is 0 Å². The molecule has 0 radical (unpaired) electrons. The van der Waals surface area contributed by atoms with Gasteiger partial charge in [-0.2, -0.15) is 0 Å². The minimum absolute atomic E-state index is 0.00973. The Hall–Kier alpha value is -2.88. The van der Waals surface area contributed by atoms with Gasteiger partial charge < -0.3 is 9.64 Å². The lowest BCUT2D eigenvalue weighted by molar-refractivity contribution is -0.153. The van der Waals surface area contributed by atoms with Crippen molar-refractivity contribution in [2.24, 2.45) is 17.8 Å². The predicted octanol–water partition coefficient (Wildman–Crippen LogP) is 5.19. The standard InChI is InChI=1S/C28H33NO3/c1-4-32-28(31)24-14-8-13-23-25(24)27(30)29(17-9-12-21-10-6-5-7-11-21)26(23)22-16-15-19(2)20(3)18-22/h5-8,10-11,13,15-16,18,23-26H,4,9,12,14,17H2,1-3H3/t23-,24+,25+,26-/m0/s1. The molecule has 1 saturated heterocycles. The van der Waals surface area contributed by atoms with Crippen molar-refractivity contribution in [3.8, 4) is 0 Å². The number of benzene rings is 2. The first-order valence-electron chi connectivity index (χ1n) is 11.8. The number of carbonyl (C=O) groups is 2. The van der Waals surface area contributed by atoms with Gasteiger partial charge in [-0.05, 0) is 62.3 Å². The number of hydrogen-bond acceptors (Lipinski definition) is 3. The van der Waals surface area contributed by atoms with Crippen LogP contribution < -0.4 is 0 Å². The van der Waals surface area contributed by atoms with E-state index >= 15 is 0 Å². The van der Waals surface area contributed by atoms with Gasteiger partial charge in [0.1, 0.15) is 0 Å². The summed E-state index contributed by atoms with van der Waals surface area (Å²) >= 11 is 0. The maximum absolute atomic E-state index is 13.7. The van der Waals surface area contributed by atoms with E-state index in [1.807, 2.05) is 17.9 Å². The van der Waals surface area contributed by atoms with Crippen LogP contribution >= 0.6 is 0 Å². The summed E-state index contributed by atoms with van der Waals surface area (Å²) in [6, 6.07) is 16.8. The fourth-order valence-corrected chi connectivity index (χ4v) is 5.28. The molecule has 1 fully saturated rings. The molecule has 1 aliphatic heterocycles. The molecule has 32 heavy (non-hydrogen) atoms. The number of hydrogen-bond donors (Lipinski definition) is 0. The summed E-state index contributed by atoms with van der Waals surface area (Å²) in [5.41, 5.74) is 4.91. The summed E-state index contributed by atoms with van der Waals surface area (Å²) in [6.45, 7) is 7.06. The Labute approximate surface area is 191 Å². The number of amides is 1. The van der Waals surface area contributed by atoms with E-state index in [1.165, 1.54) is 16.7 Å². The monoisotopic (exact) mass is 431 g/mol. The Kier molecular flexibility index (Phi) is 6.78. The summed E-state index contributed by atoms with van der Waals surface area (Å²) in [4.78, 5) is 28.5. The van der Waals surface area contributed by atoms with Crippen LogP contribution in [0.5, 0.6) is 0 Å². The third-order valence-electron chi connectivity index (χ3n) is 7.03. The molecule has 1 amide bonds. The average Bonchev–Trinajstić information content (AvgIpc) is 3.08. The van der Waals surface area contributed by atoms with Gasteiger partial charge >= 0.3 is 5.97 Å². The summed E-state index contributed by atoms with van der Waals surface area (Å²) in [5.74, 6) is -0.906. The Morgan fingerprint density at radius 1 is 1.09 bits per heavy atom. The van der Waals surface area contributed by atoms with E-state index in [2.05, 4.69) is 68.5 Å². The zero-order chi connectivity index (χ0) is 22.7. The van der Waals surface area contributed by atoms with Crippen molar-refractivity contribution in [1.29, 1.82) is 0 Å². The van der Waals surface area contributed by atoms with Gasteiger partial charge in [-0.3, -0.25) is 9.59 Å². The molecule has 0 unspecified atom stereocenters. The first kappa shape index (κ1) is 22.3. The van der Waals surface area contributed by atoms with E-state index in [0.717, 1.165) is 18.4 Å². The minimum atomic E-state index is -0.398. The molecule has 2 aliphatic rings. The van der Waals surface area contributed by atoms with Gasteiger partial charge in [0.2, 0.25) is 5.91 Å². The smallest absolute Gasteiger partial charge is 0.310 e. The van der Waals surface area contributed by atoms with Crippen molar-refractivity contribution in [3.05, 3.63) is 82.9 Å². The highest BCUT2D eigenvalue weighted by molar-refractivity contribution is 5.89. The molecule has 0 N–H and O–H groups in total. The quantitative estimate of drug-likeness (QED) is 0.448. The number of allylic oxidation sites excluding steroid dienone is 1. The zero-order valence-electron chi connectivity index (χ0n) is 19.3. The maximum Gasteiger partial charge on any atom is 0.310 e. The number of aryl methyl sites for hydroxylation is 3. The fraction of sp³-hybridized carbons (Fsp3) is 0.429. The van der Waals surface area contributed by atoms with Crippen LogP contribution in [0.1, 0.15) is 48.1 Å². The summed E-state index contributed by atoms with van der Waals surface area (Å²) in [7, 11) is 0. The Morgan fingerprint density at radius 2 is 1.88 bits per heavy atom. The van der Waals surface area contributed by atoms with Crippen LogP contribution in [0.15, 0.2) is 60.7 Å². The van der Waals surface area contributed by atoms with E-state index < -0.39 is 5.92 Å². The zero-order valence-corrected chi connectivity index (χ0v) is 19.3. The molecule has 4 atom stereocenters. The number of fused-ring (bicyclic) bond motifs is 1. The summed E-state index contributed by atoms with van der Waals surface area (Å²) in [6.07, 6.45) is 6.62. The molecule has 0 bridgehead atoms. The third-order valence-corrected chi connectivity index (χ3v) is 7.03. The number of likely N-dealkylation sites (tertiary alicyclic amines) is 1. The van der Waals surface area contributed by atoms with Gasteiger partial charge in [-0.1, -0.05) is 60.7 Å². The number of rotatable bonds is 7. The van der Waals surface area contributed by atoms with Crippen LogP contribution in [-0.2, 0) is 20.7 Å².